The van der Waals surface area contributed by atoms with Gasteiger partial charge in [0.05, 0.1) is 11.6 Å². The second-order valence-electron chi connectivity index (χ2n) is 8.15. The van der Waals surface area contributed by atoms with E-state index in [0.29, 0.717) is 51.4 Å². The molecule has 1 fully saturated rings. The number of rotatable bonds is 4. The van der Waals surface area contributed by atoms with Crippen LogP contribution in [0.5, 0.6) is 0 Å². The SMILES string of the molecule is Nc1ncnc2c1c(-c1ccc3cc(Cc4cncc(F)c4)ncc3c1F)cn2C1CC1. The van der Waals surface area contributed by atoms with Gasteiger partial charge in [0.1, 0.15) is 29.4 Å². The molecule has 0 atom stereocenters. The average molecular weight is 428 g/mol. The number of benzene rings is 1. The lowest BCUT2D eigenvalue weighted by atomic mass is 10.0. The van der Waals surface area contributed by atoms with Gasteiger partial charge in [0.15, 0.2) is 0 Å². The van der Waals surface area contributed by atoms with Crippen molar-refractivity contribution < 1.29 is 8.78 Å². The maximum Gasteiger partial charge on any atom is 0.146 e. The van der Waals surface area contributed by atoms with Gasteiger partial charge in [-0.2, -0.15) is 0 Å². The van der Waals surface area contributed by atoms with Crippen molar-refractivity contribution in [3.05, 3.63) is 78.3 Å². The van der Waals surface area contributed by atoms with Crippen molar-refractivity contribution in [2.45, 2.75) is 25.3 Å². The molecule has 1 aliphatic carbocycles. The molecule has 6 rings (SSSR count). The maximum absolute atomic E-state index is 15.7. The van der Waals surface area contributed by atoms with Crippen molar-refractivity contribution in [3.8, 4) is 11.1 Å². The molecule has 1 saturated carbocycles. The van der Waals surface area contributed by atoms with Crippen LogP contribution in [0.25, 0.3) is 32.9 Å². The van der Waals surface area contributed by atoms with E-state index < -0.39 is 5.82 Å². The number of hydrogen-bond acceptors (Lipinski definition) is 5. The molecule has 2 N–H and O–H groups in total. The Morgan fingerprint density at radius 2 is 1.88 bits per heavy atom. The van der Waals surface area contributed by atoms with Crippen LogP contribution in [0.15, 0.2) is 55.4 Å². The normalized spacial score (nSPS) is 13.8. The van der Waals surface area contributed by atoms with E-state index in [0.717, 1.165) is 30.1 Å². The molecule has 0 radical (unpaired) electrons. The van der Waals surface area contributed by atoms with Crippen molar-refractivity contribution in [1.82, 2.24) is 24.5 Å². The summed E-state index contributed by atoms with van der Waals surface area (Å²) < 4.78 is 31.2. The minimum atomic E-state index is -0.396. The van der Waals surface area contributed by atoms with Gasteiger partial charge in [-0.05, 0) is 35.9 Å². The van der Waals surface area contributed by atoms with Crippen LogP contribution >= 0.6 is 0 Å². The van der Waals surface area contributed by atoms with Crippen molar-refractivity contribution >= 4 is 27.6 Å². The Morgan fingerprint density at radius 3 is 2.69 bits per heavy atom. The second-order valence-corrected chi connectivity index (χ2v) is 8.15. The molecule has 1 aromatic carbocycles. The molecule has 32 heavy (non-hydrogen) atoms. The third-order valence-electron chi connectivity index (χ3n) is 5.91. The number of hydrogen-bond donors (Lipinski definition) is 1. The van der Waals surface area contributed by atoms with Gasteiger partial charge in [-0.15, -0.1) is 0 Å². The summed E-state index contributed by atoms with van der Waals surface area (Å²) in [5, 5.41) is 1.79. The Morgan fingerprint density at radius 1 is 1.00 bits per heavy atom. The van der Waals surface area contributed by atoms with E-state index in [9.17, 15) is 4.39 Å². The number of halogens is 2. The highest BCUT2D eigenvalue weighted by Gasteiger charge is 2.28. The summed E-state index contributed by atoms with van der Waals surface area (Å²) in [6.45, 7) is 0. The van der Waals surface area contributed by atoms with Crippen molar-refractivity contribution in [3.63, 3.8) is 0 Å². The van der Waals surface area contributed by atoms with Gasteiger partial charge in [0.25, 0.3) is 0 Å². The zero-order valence-electron chi connectivity index (χ0n) is 17.0. The van der Waals surface area contributed by atoms with Gasteiger partial charge in [-0.25, -0.2) is 18.7 Å². The quantitative estimate of drug-likeness (QED) is 0.443. The van der Waals surface area contributed by atoms with Crippen LogP contribution in [0.3, 0.4) is 0 Å². The van der Waals surface area contributed by atoms with E-state index in [2.05, 4.69) is 24.5 Å². The fraction of sp³-hybridized carbons (Fsp3) is 0.167. The molecule has 8 heteroatoms. The summed E-state index contributed by atoms with van der Waals surface area (Å²) in [5.74, 6) is -0.430. The van der Waals surface area contributed by atoms with E-state index in [-0.39, 0.29) is 5.82 Å². The van der Waals surface area contributed by atoms with Crippen LogP contribution in [0, 0.1) is 11.6 Å². The molecular weight excluding hydrogens is 410 g/mol. The first-order chi connectivity index (χ1) is 15.6. The zero-order chi connectivity index (χ0) is 21.8. The Labute approximate surface area is 181 Å². The lowest BCUT2D eigenvalue weighted by Crippen LogP contribution is -1.97. The van der Waals surface area contributed by atoms with Crippen LogP contribution < -0.4 is 5.73 Å². The third-order valence-corrected chi connectivity index (χ3v) is 5.91. The highest BCUT2D eigenvalue weighted by molar-refractivity contribution is 6.02. The van der Waals surface area contributed by atoms with Crippen LogP contribution in [0.4, 0.5) is 14.6 Å². The van der Waals surface area contributed by atoms with Gasteiger partial charge >= 0.3 is 0 Å². The molecule has 0 bridgehead atoms. The molecular formula is C24H18F2N6. The molecule has 4 heterocycles. The average Bonchev–Trinajstić information content (AvgIpc) is 3.55. The number of nitrogen functional groups attached to an aromatic ring is 1. The number of anilines is 1. The standard InChI is InChI=1S/C24H18F2N6/c25-15-5-13(8-28-9-15)6-16-7-14-1-4-18(22(26)19(14)10-29-16)20-11-32(17-2-3-17)24-21(20)23(27)30-12-31-24/h1,4-5,7-12,17H,2-3,6H2,(H2,27,30,31). The highest BCUT2D eigenvalue weighted by atomic mass is 19.1. The molecule has 158 valence electrons. The monoisotopic (exact) mass is 428 g/mol. The first kappa shape index (κ1) is 18.8. The highest BCUT2D eigenvalue weighted by Crippen LogP contribution is 2.43. The molecule has 4 aromatic heterocycles. The second kappa shape index (κ2) is 7.05. The Balaban J connectivity index is 1.45. The number of nitrogens with two attached hydrogens (primary N) is 1. The molecule has 0 unspecified atom stereocenters. The van der Waals surface area contributed by atoms with Crippen LogP contribution in [0.1, 0.15) is 30.1 Å². The molecule has 0 saturated heterocycles. The lowest BCUT2D eigenvalue weighted by Gasteiger charge is -2.08. The summed E-state index contributed by atoms with van der Waals surface area (Å²) in [5.41, 5.74) is 9.42. The Hall–Kier alpha value is -3.94. The van der Waals surface area contributed by atoms with E-state index >= 15 is 4.39 Å². The Bertz CT molecular complexity index is 1510. The minimum absolute atomic E-state index is 0.334. The van der Waals surface area contributed by atoms with Crippen LogP contribution in [-0.2, 0) is 6.42 Å². The minimum Gasteiger partial charge on any atom is -0.383 e. The maximum atomic E-state index is 15.7. The fourth-order valence-electron chi connectivity index (χ4n) is 4.24. The van der Waals surface area contributed by atoms with Gasteiger partial charge in [0.2, 0.25) is 0 Å². The fourth-order valence-corrected chi connectivity index (χ4v) is 4.24. The smallest absolute Gasteiger partial charge is 0.146 e. The zero-order valence-corrected chi connectivity index (χ0v) is 17.0. The van der Waals surface area contributed by atoms with Gasteiger partial charge in [-0.1, -0.05) is 12.1 Å². The third kappa shape index (κ3) is 3.07. The first-order valence-corrected chi connectivity index (χ1v) is 10.4. The molecule has 6 nitrogen and oxygen atoms in total. The molecule has 1 aliphatic rings. The first-order valence-electron chi connectivity index (χ1n) is 10.4. The Kier molecular flexibility index (Phi) is 4.14. The predicted octanol–water partition coefficient (Wildman–Crippen LogP) is 4.83. The van der Waals surface area contributed by atoms with Crippen molar-refractivity contribution in [2.24, 2.45) is 0 Å². The largest absolute Gasteiger partial charge is 0.383 e. The van der Waals surface area contributed by atoms with Gasteiger partial charge in [-0.3, -0.25) is 9.97 Å². The summed E-state index contributed by atoms with van der Waals surface area (Å²) in [7, 11) is 0. The van der Waals surface area contributed by atoms with Crippen molar-refractivity contribution in [1.29, 1.82) is 0 Å². The van der Waals surface area contributed by atoms with E-state index in [1.54, 1.807) is 12.3 Å². The summed E-state index contributed by atoms with van der Waals surface area (Å²) in [6, 6.07) is 7.22. The number of aromatic nitrogens is 5. The number of pyridine rings is 2. The van der Waals surface area contributed by atoms with E-state index in [4.69, 9.17) is 5.73 Å². The van der Waals surface area contributed by atoms with Crippen LogP contribution in [-0.4, -0.2) is 24.5 Å². The predicted molar refractivity (Wildman–Crippen MR) is 118 cm³/mol. The number of nitrogens with zero attached hydrogens (tertiary/aromatic N) is 5. The molecule has 5 aromatic rings. The molecule has 0 amide bonds. The summed E-state index contributed by atoms with van der Waals surface area (Å²) >= 11 is 0. The number of fused-ring (bicyclic) bond motifs is 2. The molecule has 0 aliphatic heterocycles. The lowest BCUT2D eigenvalue weighted by molar-refractivity contribution is 0.619. The molecule has 0 spiro atoms. The van der Waals surface area contributed by atoms with Gasteiger partial charge < -0.3 is 10.3 Å². The summed E-state index contributed by atoms with van der Waals surface area (Å²) in [6.07, 6.45) is 10.2. The van der Waals surface area contributed by atoms with Crippen molar-refractivity contribution in [2.75, 3.05) is 5.73 Å². The van der Waals surface area contributed by atoms with E-state index in [1.165, 1.54) is 18.6 Å². The topological polar surface area (TPSA) is 82.5 Å². The van der Waals surface area contributed by atoms with Gasteiger partial charge in [0, 0.05) is 53.3 Å². The van der Waals surface area contributed by atoms with E-state index in [1.807, 2.05) is 18.3 Å². The van der Waals surface area contributed by atoms with Crippen LogP contribution in [0.2, 0.25) is 0 Å². The summed E-state index contributed by atoms with van der Waals surface area (Å²) in [4.78, 5) is 16.8.